The van der Waals surface area contributed by atoms with Crippen LogP contribution in [0.2, 0.25) is 5.02 Å². The third-order valence-electron chi connectivity index (χ3n) is 2.72. The van der Waals surface area contributed by atoms with E-state index in [1.165, 1.54) is 24.7 Å². The summed E-state index contributed by atoms with van der Waals surface area (Å²) in [5.41, 5.74) is 0.101. The van der Waals surface area contributed by atoms with Crippen molar-refractivity contribution in [2.24, 2.45) is 0 Å². The highest BCUT2D eigenvalue weighted by atomic mass is 35.5. The molecule has 0 saturated heterocycles. The zero-order chi connectivity index (χ0) is 18.3. The van der Waals surface area contributed by atoms with E-state index in [-0.39, 0.29) is 23.0 Å². The predicted molar refractivity (Wildman–Crippen MR) is 83.7 cm³/mol. The number of nitrogens with one attached hydrogen (secondary N) is 2. The largest absolute Gasteiger partial charge is 0.467 e. The summed E-state index contributed by atoms with van der Waals surface area (Å²) < 4.78 is 40.8. The fourth-order valence-corrected chi connectivity index (χ4v) is 1.89. The van der Waals surface area contributed by atoms with Gasteiger partial charge in [0.05, 0.1) is 11.8 Å². The molecule has 0 aliphatic rings. The standard InChI is InChI=1S/C14H13ClF3N5O2/c15-10-5-9(6-23-13(10)25-8-14(16,17)18)12(24)22-4-3-21-11-7-19-1-2-20-11/h1-2,5-7H,3-4,8H2,(H,20,21)(H,22,24). The molecule has 11 heteroatoms. The molecule has 2 aromatic heterocycles. The number of pyridine rings is 1. The second-order valence-corrected chi connectivity index (χ2v) is 5.10. The van der Waals surface area contributed by atoms with Crippen LogP contribution >= 0.6 is 11.6 Å². The smallest absolute Gasteiger partial charge is 0.422 e. The van der Waals surface area contributed by atoms with Crippen LogP contribution in [0.3, 0.4) is 0 Å². The van der Waals surface area contributed by atoms with Gasteiger partial charge in [0.15, 0.2) is 6.61 Å². The zero-order valence-corrected chi connectivity index (χ0v) is 13.4. The lowest BCUT2D eigenvalue weighted by atomic mass is 10.2. The van der Waals surface area contributed by atoms with Crippen LogP contribution in [0.1, 0.15) is 10.4 Å². The van der Waals surface area contributed by atoms with Crippen LogP contribution in [-0.4, -0.2) is 46.7 Å². The number of carbonyl (C=O) groups is 1. The molecular weight excluding hydrogens is 363 g/mol. The Labute approximate surface area is 145 Å². The van der Waals surface area contributed by atoms with Crippen molar-refractivity contribution in [1.82, 2.24) is 20.3 Å². The summed E-state index contributed by atoms with van der Waals surface area (Å²) in [6, 6.07) is 1.19. The molecule has 2 N–H and O–H groups in total. The number of ether oxygens (including phenoxy) is 1. The van der Waals surface area contributed by atoms with Crippen molar-refractivity contribution in [2.75, 3.05) is 25.0 Å². The van der Waals surface area contributed by atoms with Crippen LogP contribution in [0.5, 0.6) is 5.88 Å². The molecular formula is C14H13ClF3N5O2. The molecule has 0 fully saturated rings. The summed E-state index contributed by atoms with van der Waals surface area (Å²) in [6.07, 6.45) is 1.17. The third kappa shape index (κ3) is 6.42. The highest BCUT2D eigenvalue weighted by molar-refractivity contribution is 6.32. The van der Waals surface area contributed by atoms with Crippen LogP contribution in [-0.2, 0) is 0 Å². The summed E-state index contributed by atoms with van der Waals surface area (Å²) in [6.45, 7) is -0.836. The van der Waals surface area contributed by atoms with Crippen LogP contribution in [0.4, 0.5) is 19.0 Å². The zero-order valence-electron chi connectivity index (χ0n) is 12.7. The van der Waals surface area contributed by atoms with Crippen molar-refractivity contribution >= 4 is 23.3 Å². The van der Waals surface area contributed by atoms with Crippen LogP contribution in [0.25, 0.3) is 0 Å². The van der Waals surface area contributed by atoms with Crippen molar-refractivity contribution in [3.05, 3.63) is 41.4 Å². The number of carbonyl (C=O) groups excluding carboxylic acids is 1. The first-order valence-electron chi connectivity index (χ1n) is 6.98. The Kier molecular flexibility index (Phi) is 6.34. The molecule has 0 aliphatic carbocycles. The van der Waals surface area contributed by atoms with E-state index >= 15 is 0 Å². The van der Waals surface area contributed by atoms with Crippen LogP contribution in [0, 0.1) is 0 Å². The number of aromatic nitrogens is 3. The lowest BCUT2D eigenvalue weighted by molar-refractivity contribution is -0.154. The number of rotatable bonds is 7. The van der Waals surface area contributed by atoms with E-state index in [1.54, 1.807) is 0 Å². The van der Waals surface area contributed by atoms with Crippen LogP contribution < -0.4 is 15.4 Å². The molecule has 1 amide bonds. The van der Waals surface area contributed by atoms with Crippen molar-refractivity contribution in [1.29, 1.82) is 0 Å². The predicted octanol–water partition coefficient (Wildman–Crippen LogP) is 2.31. The normalized spacial score (nSPS) is 11.0. The second-order valence-electron chi connectivity index (χ2n) is 4.69. The number of hydrogen-bond donors (Lipinski definition) is 2. The summed E-state index contributed by atoms with van der Waals surface area (Å²) >= 11 is 5.78. The molecule has 0 aliphatic heterocycles. The Bertz CT molecular complexity index is 715. The average molecular weight is 376 g/mol. The van der Waals surface area contributed by atoms with Crippen molar-refractivity contribution in [3.63, 3.8) is 0 Å². The van der Waals surface area contributed by atoms with E-state index in [9.17, 15) is 18.0 Å². The SMILES string of the molecule is O=C(NCCNc1cnccn1)c1cnc(OCC(F)(F)F)c(Cl)c1. The first-order valence-corrected chi connectivity index (χ1v) is 7.36. The molecule has 0 radical (unpaired) electrons. The molecule has 2 rings (SSSR count). The highest BCUT2D eigenvalue weighted by Crippen LogP contribution is 2.24. The van der Waals surface area contributed by atoms with Gasteiger partial charge in [-0.25, -0.2) is 9.97 Å². The Hall–Kier alpha value is -2.62. The number of nitrogens with zero attached hydrogens (tertiary/aromatic N) is 3. The number of amides is 1. The third-order valence-corrected chi connectivity index (χ3v) is 2.99. The minimum atomic E-state index is -4.50. The molecule has 0 atom stereocenters. The van der Waals surface area contributed by atoms with Gasteiger partial charge in [0.25, 0.3) is 5.91 Å². The van der Waals surface area contributed by atoms with E-state index in [1.807, 2.05) is 0 Å². The summed E-state index contributed by atoms with van der Waals surface area (Å²) in [5, 5.41) is 5.36. The molecule has 0 bridgehead atoms. The molecule has 0 spiro atoms. The lowest BCUT2D eigenvalue weighted by Crippen LogP contribution is -2.29. The van der Waals surface area contributed by atoms with Gasteiger partial charge in [0.2, 0.25) is 5.88 Å². The number of hydrogen-bond acceptors (Lipinski definition) is 6. The van der Waals surface area contributed by atoms with Gasteiger partial charge in [-0.05, 0) is 6.07 Å². The fraction of sp³-hybridized carbons (Fsp3) is 0.286. The van der Waals surface area contributed by atoms with Gasteiger partial charge in [-0.1, -0.05) is 11.6 Å². The quantitative estimate of drug-likeness (QED) is 0.722. The van der Waals surface area contributed by atoms with Crippen molar-refractivity contribution in [2.45, 2.75) is 6.18 Å². The van der Waals surface area contributed by atoms with E-state index in [2.05, 4.69) is 30.3 Å². The number of alkyl halides is 3. The van der Waals surface area contributed by atoms with Gasteiger partial charge in [0, 0.05) is 31.7 Å². The van der Waals surface area contributed by atoms with E-state index in [0.29, 0.717) is 12.4 Å². The Morgan fingerprint density at radius 2 is 2.00 bits per heavy atom. The lowest BCUT2D eigenvalue weighted by Gasteiger charge is -2.10. The van der Waals surface area contributed by atoms with Gasteiger partial charge in [-0.15, -0.1) is 0 Å². The molecule has 2 aromatic rings. The first-order chi connectivity index (χ1) is 11.8. The van der Waals surface area contributed by atoms with Gasteiger partial charge < -0.3 is 15.4 Å². The fourth-order valence-electron chi connectivity index (χ4n) is 1.66. The number of anilines is 1. The summed E-state index contributed by atoms with van der Waals surface area (Å²) in [4.78, 5) is 23.5. The molecule has 0 aromatic carbocycles. The minimum absolute atomic E-state index is 0.101. The van der Waals surface area contributed by atoms with Gasteiger partial charge >= 0.3 is 6.18 Å². The second kappa shape index (κ2) is 8.47. The van der Waals surface area contributed by atoms with Crippen molar-refractivity contribution in [3.8, 4) is 5.88 Å². The van der Waals surface area contributed by atoms with Gasteiger partial charge in [0.1, 0.15) is 10.8 Å². The summed E-state index contributed by atoms with van der Waals surface area (Å²) in [5.74, 6) is -0.301. The van der Waals surface area contributed by atoms with E-state index in [4.69, 9.17) is 11.6 Å². The van der Waals surface area contributed by atoms with Crippen molar-refractivity contribution < 1.29 is 22.7 Å². The maximum Gasteiger partial charge on any atom is 0.422 e. The maximum atomic E-state index is 12.1. The molecule has 2 heterocycles. The Morgan fingerprint density at radius 1 is 1.20 bits per heavy atom. The summed E-state index contributed by atoms with van der Waals surface area (Å²) in [7, 11) is 0. The number of halogens is 4. The topological polar surface area (TPSA) is 89.0 Å². The minimum Gasteiger partial charge on any atom is -0.467 e. The molecule has 0 unspecified atom stereocenters. The van der Waals surface area contributed by atoms with E-state index < -0.39 is 18.7 Å². The first kappa shape index (κ1) is 18.7. The monoisotopic (exact) mass is 375 g/mol. The van der Waals surface area contributed by atoms with Gasteiger partial charge in [-0.3, -0.25) is 9.78 Å². The maximum absolute atomic E-state index is 12.1. The molecule has 0 saturated carbocycles. The molecule has 134 valence electrons. The molecule has 25 heavy (non-hydrogen) atoms. The molecule has 7 nitrogen and oxygen atoms in total. The van der Waals surface area contributed by atoms with Gasteiger partial charge in [-0.2, -0.15) is 13.2 Å². The van der Waals surface area contributed by atoms with Crippen LogP contribution in [0.15, 0.2) is 30.9 Å². The highest BCUT2D eigenvalue weighted by Gasteiger charge is 2.29. The van der Waals surface area contributed by atoms with E-state index in [0.717, 1.165) is 6.20 Å². The average Bonchev–Trinajstić information content (AvgIpc) is 2.57. The Morgan fingerprint density at radius 3 is 2.64 bits per heavy atom. The Balaban J connectivity index is 1.82.